The van der Waals surface area contributed by atoms with Crippen molar-refractivity contribution in [1.82, 2.24) is 5.32 Å². The van der Waals surface area contributed by atoms with Gasteiger partial charge in [0.15, 0.2) is 0 Å². The van der Waals surface area contributed by atoms with E-state index < -0.39 is 17.8 Å². The SMILES string of the molecule is CC(C)(C)OC(=O)NCC(O)COc1ccc(Cl)cc1. The fourth-order valence-corrected chi connectivity index (χ4v) is 1.42. The van der Waals surface area contributed by atoms with Crippen molar-refractivity contribution >= 4 is 17.7 Å². The van der Waals surface area contributed by atoms with Gasteiger partial charge in [-0.15, -0.1) is 0 Å². The number of benzene rings is 1. The Morgan fingerprint density at radius 2 is 1.95 bits per heavy atom. The molecule has 0 spiro atoms. The highest BCUT2D eigenvalue weighted by Gasteiger charge is 2.16. The van der Waals surface area contributed by atoms with E-state index in [1.807, 2.05) is 0 Å². The average molecular weight is 302 g/mol. The van der Waals surface area contributed by atoms with Gasteiger partial charge >= 0.3 is 6.09 Å². The molecule has 0 aliphatic carbocycles. The summed E-state index contributed by atoms with van der Waals surface area (Å²) in [5, 5.41) is 12.8. The van der Waals surface area contributed by atoms with Gasteiger partial charge in [0.1, 0.15) is 24.1 Å². The van der Waals surface area contributed by atoms with Crippen molar-refractivity contribution in [1.29, 1.82) is 0 Å². The molecule has 1 aromatic rings. The van der Waals surface area contributed by atoms with E-state index in [-0.39, 0.29) is 13.2 Å². The molecule has 0 heterocycles. The third kappa shape index (κ3) is 7.21. The molecule has 0 aliphatic heterocycles. The first-order valence-corrected chi connectivity index (χ1v) is 6.67. The van der Waals surface area contributed by atoms with E-state index in [9.17, 15) is 9.90 Å². The molecule has 5 nitrogen and oxygen atoms in total. The van der Waals surface area contributed by atoms with Crippen LogP contribution in [0.3, 0.4) is 0 Å². The van der Waals surface area contributed by atoms with Crippen molar-refractivity contribution in [2.75, 3.05) is 13.2 Å². The van der Waals surface area contributed by atoms with Gasteiger partial charge in [0, 0.05) is 5.02 Å². The number of hydrogen-bond donors (Lipinski definition) is 2. The molecule has 1 amide bonds. The summed E-state index contributed by atoms with van der Waals surface area (Å²) < 4.78 is 10.4. The van der Waals surface area contributed by atoms with Crippen molar-refractivity contribution in [2.45, 2.75) is 32.5 Å². The minimum Gasteiger partial charge on any atom is -0.491 e. The lowest BCUT2D eigenvalue weighted by Crippen LogP contribution is -2.38. The van der Waals surface area contributed by atoms with Gasteiger partial charge < -0.3 is 19.9 Å². The molecule has 0 bridgehead atoms. The number of carbonyl (C=O) groups excluding carboxylic acids is 1. The average Bonchev–Trinajstić information content (AvgIpc) is 2.33. The molecule has 1 atom stereocenters. The molecule has 0 fully saturated rings. The molecule has 0 saturated carbocycles. The van der Waals surface area contributed by atoms with Crippen LogP contribution in [-0.4, -0.2) is 36.1 Å². The molecule has 1 unspecified atom stereocenters. The normalized spacial score (nSPS) is 12.7. The number of carbonyl (C=O) groups is 1. The zero-order valence-corrected chi connectivity index (χ0v) is 12.6. The molecule has 0 radical (unpaired) electrons. The number of aliphatic hydroxyl groups excluding tert-OH is 1. The van der Waals surface area contributed by atoms with E-state index >= 15 is 0 Å². The molecule has 1 aromatic carbocycles. The fourth-order valence-electron chi connectivity index (χ4n) is 1.30. The van der Waals surface area contributed by atoms with E-state index in [4.69, 9.17) is 21.1 Å². The fraction of sp³-hybridized carbons (Fsp3) is 0.500. The number of nitrogens with one attached hydrogen (secondary N) is 1. The molecule has 20 heavy (non-hydrogen) atoms. The number of hydrogen-bond acceptors (Lipinski definition) is 4. The monoisotopic (exact) mass is 301 g/mol. The maximum absolute atomic E-state index is 11.4. The number of alkyl carbamates (subject to hydrolysis) is 1. The van der Waals surface area contributed by atoms with Crippen molar-refractivity contribution in [3.63, 3.8) is 0 Å². The van der Waals surface area contributed by atoms with Gasteiger partial charge in [-0.1, -0.05) is 11.6 Å². The summed E-state index contributed by atoms with van der Waals surface area (Å²) >= 11 is 5.75. The predicted octanol–water partition coefficient (Wildman–Crippen LogP) is 2.60. The third-order valence-electron chi connectivity index (χ3n) is 2.14. The van der Waals surface area contributed by atoms with Gasteiger partial charge in [-0.2, -0.15) is 0 Å². The van der Waals surface area contributed by atoms with Crippen LogP contribution in [0.25, 0.3) is 0 Å². The van der Waals surface area contributed by atoms with Gasteiger partial charge in [-0.3, -0.25) is 0 Å². The minimum absolute atomic E-state index is 0.0580. The molecule has 0 aromatic heterocycles. The maximum atomic E-state index is 11.4. The first-order valence-electron chi connectivity index (χ1n) is 6.29. The molecular formula is C14H20ClNO4. The summed E-state index contributed by atoms with van der Waals surface area (Å²) in [7, 11) is 0. The van der Waals surface area contributed by atoms with Gasteiger partial charge in [0.25, 0.3) is 0 Å². The van der Waals surface area contributed by atoms with E-state index in [0.717, 1.165) is 0 Å². The van der Waals surface area contributed by atoms with Gasteiger partial charge in [-0.05, 0) is 45.0 Å². The zero-order chi connectivity index (χ0) is 15.2. The van der Waals surface area contributed by atoms with Crippen LogP contribution in [0.5, 0.6) is 5.75 Å². The summed E-state index contributed by atoms with van der Waals surface area (Å²) in [5.74, 6) is 0.603. The zero-order valence-electron chi connectivity index (χ0n) is 11.9. The maximum Gasteiger partial charge on any atom is 0.407 e. The largest absolute Gasteiger partial charge is 0.491 e. The lowest BCUT2D eigenvalue weighted by atomic mass is 10.2. The third-order valence-corrected chi connectivity index (χ3v) is 2.39. The lowest BCUT2D eigenvalue weighted by molar-refractivity contribution is 0.0463. The predicted molar refractivity (Wildman–Crippen MR) is 77.2 cm³/mol. The summed E-state index contributed by atoms with van der Waals surface area (Å²) in [4.78, 5) is 11.4. The van der Waals surface area contributed by atoms with Crippen molar-refractivity contribution in [3.8, 4) is 5.75 Å². The first-order chi connectivity index (χ1) is 9.26. The van der Waals surface area contributed by atoms with E-state index in [2.05, 4.69) is 5.32 Å². The Bertz CT molecular complexity index is 428. The Hall–Kier alpha value is -1.46. The highest BCUT2D eigenvalue weighted by Crippen LogP contribution is 2.15. The number of halogens is 1. The standard InChI is InChI=1S/C14H20ClNO4/c1-14(2,3)20-13(18)16-8-11(17)9-19-12-6-4-10(15)5-7-12/h4-7,11,17H,8-9H2,1-3H3,(H,16,18). The lowest BCUT2D eigenvalue weighted by Gasteiger charge is -2.20. The molecular weight excluding hydrogens is 282 g/mol. The van der Waals surface area contributed by atoms with Crippen LogP contribution in [-0.2, 0) is 4.74 Å². The van der Waals surface area contributed by atoms with Crippen LogP contribution < -0.4 is 10.1 Å². The molecule has 112 valence electrons. The highest BCUT2D eigenvalue weighted by molar-refractivity contribution is 6.30. The second-order valence-corrected chi connectivity index (χ2v) is 5.74. The van der Waals surface area contributed by atoms with Gasteiger partial charge in [0.05, 0.1) is 6.54 Å². The summed E-state index contributed by atoms with van der Waals surface area (Å²) in [6.07, 6.45) is -1.39. The summed E-state index contributed by atoms with van der Waals surface area (Å²) in [6, 6.07) is 6.80. The minimum atomic E-state index is -0.821. The number of ether oxygens (including phenoxy) is 2. The van der Waals surface area contributed by atoms with E-state index in [1.165, 1.54) is 0 Å². The van der Waals surface area contributed by atoms with Crippen molar-refractivity contribution < 1.29 is 19.4 Å². The van der Waals surface area contributed by atoms with E-state index in [1.54, 1.807) is 45.0 Å². The van der Waals surface area contributed by atoms with Crippen LogP contribution in [0.4, 0.5) is 4.79 Å². The van der Waals surface area contributed by atoms with Gasteiger partial charge in [0.2, 0.25) is 0 Å². The van der Waals surface area contributed by atoms with Crippen molar-refractivity contribution in [2.24, 2.45) is 0 Å². The number of amides is 1. The quantitative estimate of drug-likeness (QED) is 0.877. The van der Waals surface area contributed by atoms with Crippen LogP contribution in [0.15, 0.2) is 24.3 Å². The smallest absolute Gasteiger partial charge is 0.407 e. The summed E-state index contributed by atoms with van der Waals surface area (Å²) in [5.41, 5.74) is -0.561. The Kier molecular flexibility index (Phi) is 6.10. The molecule has 0 saturated heterocycles. The molecule has 1 rings (SSSR count). The van der Waals surface area contributed by atoms with Crippen molar-refractivity contribution in [3.05, 3.63) is 29.3 Å². The Balaban J connectivity index is 2.25. The van der Waals surface area contributed by atoms with Crippen LogP contribution in [0.2, 0.25) is 5.02 Å². The van der Waals surface area contributed by atoms with Crippen LogP contribution in [0, 0.1) is 0 Å². The topological polar surface area (TPSA) is 67.8 Å². The second-order valence-electron chi connectivity index (χ2n) is 5.30. The van der Waals surface area contributed by atoms with Gasteiger partial charge in [-0.25, -0.2) is 4.79 Å². The van der Waals surface area contributed by atoms with E-state index in [0.29, 0.717) is 10.8 Å². The molecule has 2 N–H and O–H groups in total. The second kappa shape index (κ2) is 7.36. The van der Waals surface area contributed by atoms with Crippen LogP contribution >= 0.6 is 11.6 Å². The molecule has 0 aliphatic rings. The Morgan fingerprint density at radius 3 is 2.50 bits per heavy atom. The first kappa shape index (κ1) is 16.6. The Morgan fingerprint density at radius 1 is 1.35 bits per heavy atom. The molecule has 6 heteroatoms. The summed E-state index contributed by atoms with van der Waals surface area (Å²) in [6.45, 7) is 5.44. The van der Waals surface area contributed by atoms with Crippen LogP contribution in [0.1, 0.15) is 20.8 Å². The number of aliphatic hydroxyl groups is 1. The highest BCUT2D eigenvalue weighted by atomic mass is 35.5. The Labute approximate surface area is 123 Å². The number of rotatable bonds is 5.